The van der Waals surface area contributed by atoms with Crippen LogP contribution in [0.3, 0.4) is 0 Å². The number of halogens is 2. The quantitative estimate of drug-likeness (QED) is 0.447. The van der Waals surface area contributed by atoms with Gasteiger partial charge in [-0.15, -0.1) is 0 Å². The maximum absolute atomic E-state index is 12.4. The van der Waals surface area contributed by atoms with E-state index in [9.17, 15) is 13.6 Å². The number of nitrogens with two attached hydrogens (primary N) is 1. The van der Waals surface area contributed by atoms with E-state index < -0.39 is 12.5 Å². The highest BCUT2D eigenvalue weighted by Gasteiger charge is 2.17. The number of aromatic nitrogens is 1. The third kappa shape index (κ3) is 3.61. The predicted octanol–water partition coefficient (Wildman–Crippen LogP) is 5.67. The largest absolute Gasteiger partial charge is 0.435 e. The molecule has 0 unspecified atom stereocenters. The van der Waals surface area contributed by atoms with E-state index >= 15 is 0 Å². The van der Waals surface area contributed by atoms with Gasteiger partial charge in [0, 0.05) is 28.4 Å². The van der Waals surface area contributed by atoms with E-state index in [0.717, 1.165) is 27.4 Å². The Morgan fingerprint density at radius 3 is 2.40 bits per heavy atom. The van der Waals surface area contributed by atoms with Gasteiger partial charge in [0.15, 0.2) is 0 Å². The van der Waals surface area contributed by atoms with Crippen molar-refractivity contribution in [2.24, 2.45) is 5.73 Å². The lowest BCUT2D eigenvalue weighted by Crippen LogP contribution is -2.11. The summed E-state index contributed by atoms with van der Waals surface area (Å²) in [6.45, 7) is 1.92. The lowest BCUT2D eigenvalue weighted by atomic mass is 10.00. The molecule has 0 fully saturated rings. The first kappa shape index (κ1) is 19.9. The molecule has 0 radical (unpaired) electrons. The number of ether oxygens (including phenoxy) is 1. The van der Waals surface area contributed by atoms with Gasteiger partial charge >= 0.3 is 6.61 Å². The summed E-state index contributed by atoms with van der Waals surface area (Å²) in [4.78, 5) is 12.1. The second-order valence-electron chi connectivity index (χ2n) is 7.60. The van der Waals surface area contributed by atoms with Crippen LogP contribution in [0.2, 0.25) is 0 Å². The molecule has 154 valence electrons. The molecular formula is C24H22F2N2O2. The molecule has 6 heteroatoms. The maximum Gasteiger partial charge on any atom is 0.387 e. The summed E-state index contributed by atoms with van der Waals surface area (Å²) < 4.78 is 31.4. The number of nitrogens with zero attached hydrogens (tertiary/aromatic N) is 1. The topological polar surface area (TPSA) is 57.2 Å². The molecule has 0 atom stereocenters. The third-order valence-corrected chi connectivity index (χ3v) is 5.34. The van der Waals surface area contributed by atoms with Crippen molar-refractivity contribution in [1.29, 1.82) is 0 Å². The Kier molecular flexibility index (Phi) is 5.16. The van der Waals surface area contributed by atoms with E-state index in [1.165, 1.54) is 17.7 Å². The Balaban J connectivity index is 1.89. The number of fused-ring (bicyclic) bond motifs is 3. The minimum atomic E-state index is -2.85. The van der Waals surface area contributed by atoms with E-state index in [1.807, 2.05) is 18.2 Å². The summed E-state index contributed by atoms with van der Waals surface area (Å²) in [5, 5.41) is 1.79. The summed E-state index contributed by atoms with van der Waals surface area (Å²) in [6, 6.07) is 18.4. The predicted molar refractivity (Wildman–Crippen MR) is 114 cm³/mol. The van der Waals surface area contributed by atoms with Crippen molar-refractivity contribution in [2.45, 2.75) is 32.9 Å². The van der Waals surface area contributed by atoms with E-state index in [0.29, 0.717) is 18.0 Å². The standard InChI is InChI=1S/C24H22F2N2O2/c1-14(2)16-8-11-18-21(12-16)28(20-5-3-4-19(22(18)20)23(27)29)13-15-6-9-17(10-7-15)30-24(25)26/h3-12,14,24H,13H2,1-2H3,(H2,27,29). The van der Waals surface area contributed by atoms with Crippen molar-refractivity contribution >= 4 is 27.7 Å². The number of benzene rings is 3. The number of hydrogen-bond donors (Lipinski definition) is 1. The van der Waals surface area contributed by atoms with E-state index in [4.69, 9.17) is 5.73 Å². The molecule has 1 aromatic heterocycles. The molecule has 0 bridgehead atoms. The summed E-state index contributed by atoms with van der Waals surface area (Å²) in [6.07, 6.45) is 0. The SMILES string of the molecule is CC(C)c1ccc2c3c(C(N)=O)cccc3n(Cc3ccc(OC(F)F)cc3)c2c1. The zero-order chi connectivity index (χ0) is 21.4. The van der Waals surface area contributed by atoms with Crippen LogP contribution < -0.4 is 10.5 Å². The van der Waals surface area contributed by atoms with E-state index in [2.05, 4.69) is 35.3 Å². The lowest BCUT2D eigenvalue weighted by Gasteiger charge is -2.11. The first-order valence-electron chi connectivity index (χ1n) is 9.73. The Hall–Kier alpha value is -3.41. The third-order valence-electron chi connectivity index (χ3n) is 5.34. The molecule has 4 aromatic rings. The molecule has 0 aliphatic heterocycles. The highest BCUT2D eigenvalue weighted by atomic mass is 19.3. The monoisotopic (exact) mass is 408 g/mol. The second kappa shape index (κ2) is 7.78. The molecule has 1 heterocycles. The van der Waals surface area contributed by atoms with Crippen molar-refractivity contribution in [3.8, 4) is 5.75 Å². The Bertz CT molecular complexity index is 1230. The van der Waals surface area contributed by atoms with Gasteiger partial charge in [0.2, 0.25) is 5.91 Å². The van der Waals surface area contributed by atoms with Crippen LogP contribution >= 0.6 is 0 Å². The fourth-order valence-corrected chi connectivity index (χ4v) is 3.85. The molecule has 0 spiro atoms. The normalized spacial score (nSPS) is 11.7. The number of primary amides is 1. The molecule has 1 amide bonds. The van der Waals surface area contributed by atoms with Gasteiger partial charge in [0.05, 0.1) is 5.52 Å². The van der Waals surface area contributed by atoms with Crippen LogP contribution in [0.1, 0.15) is 41.3 Å². The van der Waals surface area contributed by atoms with Crippen molar-refractivity contribution in [2.75, 3.05) is 0 Å². The van der Waals surface area contributed by atoms with Crippen LogP contribution in [0.4, 0.5) is 8.78 Å². The van der Waals surface area contributed by atoms with Crippen LogP contribution in [0.15, 0.2) is 60.7 Å². The summed E-state index contributed by atoms with van der Waals surface area (Å²) in [5.74, 6) is -0.00239. The fourth-order valence-electron chi connectivity index (χ4n) is 3.85. The van der Waals surface area contributed by atoms with Crippen molar-refractivity contribution < 1.29 is 18.3 Å². The van der Waals surface area contributed by atoms with Crippen molar-refractivity contribution in [3.05, 3.63) is 77.4 Å². The van der Waals surface area contributed by atoms with Gasteiger partial charge in [-0.2, -0.15) is 8.78 Å². The van der Waals surface area contributed by atoms with Gasteiger partial charge in [0.25, 0.3) is 0 Å². The fraction of sp³-hybridized carbons (Fsp3) is 0.208. The Morgan fingerprint density at radius 2 is 1.77 bits per heavy atom. The van der Waals surface area contributed by atoms with Gasteiger partial charge in [-0.1, -0.05) is 44.2 Å². The van der Waals surface area contributed by atoms with Crippen molar-refractivity contribution in [1.82, 2.24) is 4.57 Å². The second-order valence-corrected chi connectivity index (χ2v) is 7.60. The number of amides is 1. The maximum atomic E-state index is 12.4. The summed E-state index contributed by atoms with van der Waals surface area (Å²) >= 11 is 0. The molecule has 4 nitrogen and oxygen atoms in total. The minimum absolute atomic E-state index is 0.120. The van der Waals surface area contributed by atoms with Gasteiger partial charge in [-0.25, -0.2) is 0 Å². The molecule has 30 heavy (non-hydrogen) atoms. The molecule has 0 aliphatic rings. The molecule has 0 saturated heterocycles. The lowest BCUT2D eigenvalue weighted by molar-refractivity contribution is -0.0498. The minimum Gasteiger partial charge on any atom is -0.435 e. The van der Waals surface area contributed by atoms with Crippen LogP contribution in [0.25, 0.3) is 21.8 Å². The van der Waals surface area contributed by atoms with Crippen molar-refractivity contribution in [3.63, 3.8) is 0 Å². The molecule has 0 aliphatic carbocycles. The average Bonchev–Trinajstić information content (AvgIpc) is 3.02. The number of rotatable bonds is 6. The highest BCUT2D eigenvalue weighted by Crippen LogP contribution is 2.34. The summed E-state index contributed by atoms with van der Waals surface area (Å²) in [7, 11) is 0. The Morgan fingerprint density at radius 1 is 1.03 bits per heavy atom. The first-order chi connectivity index (χ1) is 14.3. The van der Waals surface area contributed by atoms with Gasteiger partial charge in [0.1, 0.15) is 5.75 Å². The molecule has 4 rings (SSSR count). The molecule has 2 N–H and O–H groups in total. The van der Waals surface area contributed by atoms with Crippen LogP contribution in [0, 0.1) is 0 Å². The summed E-state index contributed by atoms with van der Waals surface area (Å²) in [5.41, 5.74) is 10.1. The average molecular weight is 408 g/mol. The molecule has 0 saturated carbocycles. The zero-order valence-electron chi connectivity index (χ0n) is 16.7. The van der Waals surface area contributed by atoms with E-state index in [-0.39, 0.29) is 5.75 Å². The highest BCUT2D eigenvalue weighted by molar-refractivity contribution is 6.18. The van der Waals surface area contributed by atoms with Crippen LogP contribution in [-0.4, -0.2) is 17.1 Å². The van der Waals surface area contributed by atoms with Crippen LogP contribution in [-0.2, 0) is 6.54 Å². The number of carbonyl (C=O) groups is 1. The number of hydrogen-bond acceptors (Lipinski definition) is 2. The Labute approximate surface area is 172 Å². The zero-order valence-corrected chi connectivity index (χ0v) is 16.7. The van der Waals surface area contributed by atoms with Gasteiger partial charge in [-0.05, 0) is 47.4 Å². The molecule has 3 aromatic carbocycles. The number of carbonyl (C=O) groups excluding carboxylic acids is 1. The van der Waals surface area contributed by atoms with Crippen LogP contribution in [0.5, 0.6) is 5.75 Å². The van der Waals surface area contributed by atoms with Gasteiger partial charge < -0.3 is 15.0 Å². The smallest absolute Gasteiger partial charge is 0.387 e. The molecular weight excluding hydrogens is 386 g/mol. The van der Waals surface area contributed by atoms with E-state index in [1.54, 1.807) is 18.2 Å². The first-order valence-corrected chi connectivity index (χ1v) is 9.73. The van der Waals surface area contributed by atoms with Gasteiger partial charge in [-0.3, -0.25) is 4.79 Å². The number of alkyl halides is 2.